The maximum Gasteiger partial charge on any atom is 0.254 e. The maximum atomic E-state index is 12.7. The molecule has 0 radical (unpaired) electrons. The van der Waals surface area contributed by atoms with E-state index in [-0.39, 0.29) is 22.1 Å². The number of amides is 1. The number of ether oxygens (including phenoxy) is 1. The Bertz CT molecular complexity index is 650. The molecule has 1 saturated heterocycles. The van der Waals surface area contributed by atoms with Gasteiger partial charge in [-0.2, -0.15) is 0 Å². The van der Waals surface area contributed by atoms with E-state index in [4.69, 9.17) is 4.74 Å². The predicted molar refractivity (Wildman–Crippen MR) is 89.3 cm³/mol. The molecule has 6 heteroatoms. The van der Waals surface area contributed by atoms with E-state index in [1.54, 1.807) is 17.0 Å². The number of hydrogen-bond acceptors (Lipinski definition) is 4. The molecular formula is C17H25NO4S. The van der Waals surface area contributed by atoms with Gasteiger partial charge in [0.1, 0.15) is 0 Å². The number of benzene rings is 1. The van der Waals surface area contributed by atoms with Gasteiger partial charge in [-0.05, 0) is 44.5 Å². The number of carbonyl (C=O) groups is 1. The van der Waals surface area contributed by atoms with Crippen molar-refractivity contribution in [2.24, 2.45) is 0 Å². The monoisotopic (exact) mass is 339 g/mol. The van der Waals surface area contributed by atoms with Gasteiger partial charge in [-0.3, -0.25) is 4.79 Å². The normalized spacial score (nSPS) is 18.0. The molecule has 0 aliphatic carbocycles. The number of rotatable bonds is 5. The summed E-state index contributed by atoms with van der Waals surface area (Å²) in [6.07, 6.45) is 1.48. The molecule has 0 saturated carbocycles. The molecule has 1 aromatic rings. The smallest absolute Gasteiger partial charge is 0.254 e. The Balaban J connectivity index is 2.17. The second-order valence-corrected chi connectivity index (χ2v) is 8.63. The highest BCUT2D eigenvalue weighted by molar-refractivity contribution is 7.91. The lowest BCUT2D eigenvalue weighted by Gasteiger charge is -2.42. The largest absolute Gasteiger partial charge is 0.377 e. The lowest BCUT2D eigenvalue weighted by Crippen LogP contribution is -2.55. The number of nitrogens with zero attached hydrogens (tertiary/aromatic N) is 1. The summed E-state index contributed by atoms with van der Waals surface area (Å²) in [6.45, 7) is 7.46. The first-order valence-corrected chi connectivity index (χ1v) is 9.66. The topological polar surface area (TPSA) is 63.7 Å². The molecule has 0 aromatic heterocycles. The second kappa shape index (κ2) is 7.01. The molecule has 5 nitrogen and oxygen atoms in total. The van der Waals surface area contributed by atoms with E-state index >= 15 is 0 Å². The van der Waals surface area contributed by atoms with Crippen LogP contribution in [0.3, 0.4) is 0 Å². The van der Waals surface area contributed by atoms with Gasteiger partial charge in [-0.1, -0.05) is 13.3 Å². The Hall–Kier alpha value is -1.40. The number of morpholine rings is 1. The Morgan fingerprint density at radius 3 is 2.48 bits per heavy atom. The third-order valence-electron chi connectivity index (χ3n) is 4.12. The van der Waals surface area contributed by atoms with E-state index in [0.29, 0.717) is 31.7 Å². The fourth-order valence-corrected chi connectivity index (χ4v) is 4.10. The molecule has 23 heavy (non-hydrogen) atoms. The van der Waals surface area contributed by atoms with Crippen molar-refractivity contribution in [3.05, 3.63) is 29.8 Å². The van der Waals surface area contributed by atoms with Gasteiger partial charge in [0, 0.05) is 12.1 Å². The van der Waals surface area contributed by atoms with Crippen LogP contribution in [0.2, 0.25) is 0 Å². The summed E-state index contributed by atoms with van der Waals surface area (Å²) >= 11 is 0. The third-order valence-corrected chi connectivity index (χ3v) is 5.93. The zero-order chi connectivity index (χ0) is 17.1. The number of carbonyl (C=O) groups excluding carboxylic acids is 1. The summed E-state index contributed by atoms with van der Waals surface area (Å²) in [7, 11) is -3.26. The quantitative estimate of drug-likeness (QED) is 0.827. The fourth-order valence-electron chi connectivity index (χ4n) is 2.65. The molecule has 0 bridgehead atoms. The van der Waals surface area contributed by atoms with Crippen LogP contribution < -0.4 is 0 Å². The highest BCUT2D eigenvalue weighted by atomic mass is 32.2. The van der Waals surface area contributed by atoms with Crippen LogP contribution in [0.15, 0.2) is 29.2 Å². The average molecular weight is 339 g/mol. The molecule has 1 aliphatic rings. The number of hydrogen-bond donors (Lipinski definition) is 0. The summed E-state index contributed by atoms with van der Waals surface area (Å²) in [4.78, 5) is 14.7. The van der Waals surface area contributed by atoms with Gasteiger partial charge in [-0.25, -0.2) is 8.42 Å². The fraction of sp³-hybridized carbons (Fsp3) is 0.588. The van der Waals surface area contributed by atoms with Gasteiger partial charge in [-0.15, -0.1) is 0 Å². The molecule has 1 fully saturated rings. The zero-order valence-electron chi connectivity index (χ0n) is 14.0. The minimum absolute atomic E-state index is 0.0872. The predicted octanol–water partition coefficient (Wildman–Crippen LogP) is 2.51. The van der Waals surface area contributed by atoms with E-state index in [1.807, 2.05) is 20.8 Å². The minimum atomic E-state index is -3.26. The van der Waals surface area contributed by atoms with Crippen LogP contribution in [0.4, 0.5) is 0 Å². The third kappa shape index (κ3) is 4.12. The molecule has 128 valence electrons. The van der Waals surface area contributed by atoms with Crippen LogP contribution in [0.5, 0.6) is 0 Å². The lowest BCUT2D eigenvalue weighted by atomic mass is 10.0. The SMILES string of the molecule is CCCCS(=O)(=O)c1ccc(C(=O)N2CCOCC2(C)C)cc1. The van der Waals surface area contributed by atoms with Crippen molar-refractivity contribution in [1.82, 2.24) is 4.90 Å². The highest BCUT2D eigenvalue weighted by Crippen LogP contribution is 2.22. The van der Waals surface area contributed by atoms with E-state index in [9.17, 15) is 13.2 Å². The van der Waals surface area contributed by atoms with Crippen LogP contribution in [0.1, 0.15) is 44.0 Å². The minimum Gasteiger partial charge on any atom is -0.377 e. The molecule has 1 aromatic carbocycles. The van der Waals surface area contributed by atoms with E-state index in [1.165, 1.54) is 12.1 Å². The van der Waals surface area contributed by atoms with Crippen molar-refractivity contribution in [2.45, 2.75) is 44.0 Å². The van der Waals surface area contributed by atoms with Gasteiger partial charge in [0.2, 0.25) is 0 Å². The van der Waals surface area contributed by atoms with E-state index in [2.05, 4.69) is 0 Å². The van der Waals surface area contributed by atoms with Crippen molar-refractivity contribution < 1.29 is 17.9 Å². The van der Waals surface area contributed by atoms with Crippen molar-refractivity contribution in [3.8, 4) is 0 Å². The number of unbranched alkanes of at least 4 members (excludes halogenated alkanes) is 1. The van der Waals surface area contributed by atoms with E-state index in [0.717, 1.165) is 6.42 Å². The molecule has 2 rings (SSSR count). The van der Waals surface area contributed by atoms with Crippen LogP contribution in [0.25, 0.3) is 0 Å². The van der Waals surface area contributed by atoms with Gasteiger partial charge in [0.05, 0.1) is 29.4 Å². The van der Waals surface area contributed by atoms with E-state index < -0.39 is 9.84 Å². The Morgan fingerprint density at radius 1 is 1.26 bits per heavy atom. The molecule has 0 atom stereocenters. The first-order chi connectivity index (χ1) is 10.8. The Morgan fingerprint density at radius 2 is 1.91 bits per heavy atom. The highest BCUT2D eigenvalue weighted by Gasteiger charge is 2.34. The van der Waals surface area contributed by atoms with Crippen molar-refractivity contribution in [1.29, 1.82) is 0 Å². The van der Waals surface area contributed by atoms with Crippen LogP contribution >= 0.6 is 0 Å². The maximum absolute atomic E-state index is 12.7. The summed E-state index contributed by atoms with van der Waals surface area (Å²) in [5.74, 6) is 0.0589. The molecule has 0 N–H and O–H groups in total. The van der Waals surface area contributed by atoms with Crippen LogP contribution in [0, 0.1) is 0 Å². The van der Waals surface area contributed by atoms with Gasteiger partial charge in [0.15, 0.2) is 9.84 Å². The molecule has 1 amide bonds. The van der Waals surface area contributed by atoms with Gasteiger partial charge < -0.3 is 9.64 Å². The van der Waals surface area contributed by atoms with Crippen molar-refractivity contribution in [2.75, 3.05) is 25.5 Å². The molecule has 0 unspecified atom stereocenters. The Kier molecular flexibility index (Phi) is 5.47. The molecule has 1 heterocycles. The summed E-state index contributed by atoms with van der Waals surface area (Å²) in [5.41, 5.74) is 0.149. The van der Waals surface area contributed by atoms with Crippen LogP contribution in [-0.2, 0) is 14.6 Å². The molecule has 0 spiro atoms. The molecular weight excluding hydrogens is 314 g/mol. The summed E-state index contributed by atoms with van der Waals surface area (Å²) in [5, 5.41) is 0. The van der Waals surface area contributed by atoms with Crippen molar-refractivity contribution in [3.63, 3.8) is 0 Å². The van der Waals surface area contributed by atoms with Crippen molar-refractivity contribution >= 4 is 15.7 Å². The zero-order valence-corrected chi connectivity index (χ0v) is 14.9. The van der Waals surface area contributed by atoms with Gasteiger partial charge >= 0.3 is 0 Å². The molecule has 1 aliphatic heterocycles. The first kappa shape index (κ1) is 17.9. The lowest BCUT2D eigenvalue weighted by molar-refractivity contribution is -0.0370. The first-order valence-electron chi connectivity index (χ1n) is 8.00. The summed E-state index contributed by atoms with van der Waals surface area (Å²) in [6, 6.07) is 6.27. The summed E-state index contributed by atoms with van der Waals surface area (Å²) < 4.78 is 29.8. The standard InChI is InChI=1S/C17H25NO4S/c1-4-5-12-23(20,21)15-8-6-14(7-9-15)16(19)18-10-11-22-13-17(18,2)3/h6-9H,4-5,10-13H2,1-3H3. The Labute approximate surface area is 138 Å². The van der Waals surface area contributed by atoms with Crippen LogP contribution in [-0.4, -0.2) is 50.3 Å². The second-order valence-electron chi connectivity index (χ2n) is 6.52. The average Bonchev–Trinajstić information content (AvgIpc) is 2.52. The van der Waals surface area contributed by atoms with Gasteiger partial charge in [0.25, 0.3) is 5.91 Å². The number of sulfone groups is 1.